The van der Waals surface area contributed by atoms with Crippen LogP contribution < -0.4 is 0 Å². The van der Waals surface area contributed by atoms with Gasteiger partial charge in [0.15, 0.2) is 0 Å². The van der Waals surface area contributed by atoms with Crippen molar-refractivity contribution in [2.75, 3.05) is 26.3 Å². The van der Waals surface area contributed by atoms with Crippen molar-refractivity contribution >= 4 is 0 Å². The van der Waals surface area contributed by atoms with Gasteiger partial charge in [-0.25, -0.2) is 0 Å². The Labute approximate surface area is 110 Å². The third-order valence-corrected chi connectivity index (χ3v) is 4.39. The van der Waals surface area contributed by atoms with Crippen LogP contribution in [-0.4, -0.2) is 37.2 Å². The largest absolute Gasteiger partial charge is 0.381 e. The molecule has 0 aromatic heterocycles. The molecular formula is C16H23NO. The van der Waals surface area contributed by atoms with E-state index in [2.05, 4.69) is 35.2 Å². The first-order valence-corrected chi connectivity index (χ1v) is 7.27. The van der Waals surface area contributed by atoms with Crippen molar-refractivity contribution in [3.63, 3.8) is 0 Å². The maximum Gasteiger partial charge on any atom is 0.0480 e. The monoisotopic (exact) mass is 245 g/mol. The highest BCUT2D eigenvalue weighted by molar-refractivity contribution is 5.15. The second kappa shape index (κ2) is 5.85. The minimum absolute atomic E-state index is 0.791. The Bertz CT molecular complexity index is 359. The normalized spacial score (nSPS) is 26.6. The van der Waals surface area contributed by atoms with Crippen LogP contribution in [0.2, 0.25) is 0 Å². The van der Waals surface area contributed by atoms with Crippen LogP contribution in [0.15, 0.2) is 30.3 Å². The van der Waals surface area contributed by atoms with E-state index in [1.165, 1.54) is 44.3 Å². The van der Waals surface area contributed by atoms with E-state index >= 15 is 0 Å². The van der Waals surface area contributed by atoms with Crippen LogP contribution in [0.3, 0.4) is 0 Å². The fourth-order valence-electron chi connectivity index (χ4n) is 3.36. The van der Waals surface area contributed by atoms with Gasteiger partial charge < -0.3 is 4.74 Å². The molecule has 2 heteroatoms. The molecule has 0 N–H and O–H groups in total. The van der Waals surface area contributed by atoms with E-state index in [-0.39, 0.29) is 0 Å². The Balaban J connectivity index is 1.52. The maximum atomic E-state index is 5.46. The summed E-state index contributed by atoms with van der Waals surface area (Å²) in [4.78, 5) is 2.70. The van der Waals surface area contributed by atoms with Gasteiger partial charge >= 0.3 is 0 Å². The van der Waals surface area contributed by atoms with Crippen LogP contribution >= 0.6 is 0 Å². The number of ether oxygens (including phenoxy) is 1. The predicted octanol–water partition coefficient (Wildman–Crippen LogP) is 2.73. The van der Waals surface area contributed by atoms with Gasteiger partial charge in [-0.05, 0) is 43.7 Å². The quantitative estimate of drug-likeness (QED) is 0.812. The Morgan fingerprint density at radius 3 is 2.61 bits per heavy atom. The second-order valence-electron chi connectivity index (χ2n) is 5.68. The molecular weight excluding hydrogens is 222 g/mol. The van der Waals surface area contributed by atoms with Crippen molar-refractivity contribution in [3.05, 3.63) is 35.9 Å². The summed E-state index contributed by atoms with van der Waals surface area (Å²) >= 11 is 0. The van der Waals surface area contributed by atoms with Gasteiger partial charge in [0.2, 0.25) is 0 Å². The van der Waals surface area contributed by atoms with Crippen molar-refractivity contribution in [1.29, 1.82) is 0 Å². The Hall–Kier alpha value is -0.860. The lowest BCUT2D eigenvalue weighted by atomic mass is 9.99. The predicted molar refractivity (Wildman–Crippen MR) is 73.7 cm³/mol. The minimum Gasteiger partial charge on any atom is -0.381 e. The lowest BCUT2D eigenvalue weighted by Crippen LogP contribution is -2.37. The molecule has 2 saturated heterocycles. The SMILES string of the molecule is c1ccc(CC2CCN(C3CCOCC3)C2)cc1. The Morgan fingerprint density at radius 2 is 1.83 bits per heavy atom. The number of benzene rings is 1. The summed E-state index contributed by atoms with van der Waals surface area (Å²) in [5.74, 6) is 0.857. The molecule has 0 radical (unpaired) electrons. The first-order chi connectivity index (χ1) is 8.92. The molecule has 0 amide bonds. The summed E-state index contributed by atoms with van der Waals surface area (Å²) in [6.07, 6.45) is 5.09. The molecule has 0 aliphatic carbocycles. The highest BCUT2D eigenvalue weighted by Gasteiger charge is 2.29. The van der Waals surface area contributed by atoms with Crippen molar-refractivity contribution in [1.82, 2.24) is 4.90 Å². The third kappa shape index (κ3) is 2.93. The highest BCUT2D eigenvalue weighted by atomic mass is 16.5. The van der Waals surface area contributed by atoms with E-state index in [1.54, 1.807) is 0 Å². The lowest BCUT2D eigenvalue weighted by Gasteiger charge is -2.31. The van der Waals surface area contributed by atoms with Gasteiger partial charge in [-0.15, -0.1) is 0 Å². The lowest BCUT2D eigenvalue weighted by molar-refractivity contribution is 0.0411. The minimum atomic E-state index is 0.791. The van der Waals surface area contributed by atoms with Crippen LogP contribution in [0.25, 0.3) is 0 Å². The maximum absolute atomic E-state index is 5.46. The van der Waals surface area contributed by atoms with E-state index in [4.69, 9.17) is 4.74 Å². The first kappa shape index (κ1) is 12.2. The summed E-state index contributed by atoms with van der Waals surface area (Å²) in [5.41, 5.74) is 1.50. The van der Waals surface area contributed by atoms with E-state index in [9.17, 15) is 0 Å². The number of likely N-dealkylation sites (tertiary alicyclic amines) is 1. The van der Waals surface area contributed by atoms with E-state index in [1.807, 2.05) is 0 Å². The summed E-state index contributed by atoms with van der Waals surface area (Å²) in [6.45, 7) is 4.51. The molecule has 2 aliphatic rings. The van der Waals surface area contributed by atoms with Crippen LogP contribution in [0.5, 0.6) is 0 Å². The first-order valence-electron chi connectivity index (χ1n) is 7.27. The fraction of sp³-hybridized carbons (Fsp3) is 0.625. The average Bonchev–Trinajstić information content (AvgIpc) is 2.89. The number of nitrogens with zero attached hydrogens (tertiary/aromatic N) is 1. The Morgan fingerprint density at radius 1 is 1.06 bits per heavy atom. The summed E-state index contributed by atoms with van der Waals surface area (Å²) in [7, 11) is 0. The van der Waals surface area contributed by atoms with Crippen molar-refractivity contribution < 1.29 is 4.74 Å². The number of hydrogen-bond acceptors (Lipinski definition) is 2. The van der Waals surface area contributed by atoms with E-state index in [0.717, 1.165) is 25.2 Å². The van der Waals surface area contributed by atoms with Gasteiger partial charge in [-0.2, -0.15) is 0 Å². The third-order valence-electron chi connectivity index (χ3n) is 4.39. The molecule has 2 fully saturated rings. The standard InChI is InChI=1S/C16H23NO/c1-2-4-14(5-3-1)12-15-6-9-17(13-15)16-7-10-18-11-8-16/h1-5,15-16H,6-13H2. The van der Waals surface area contributed by atoms with E-state index < -0.39 is 0 Å². The summed E-state index contributed by atoms with van der Waals surface area (Å²) in [5, 5.41) is 0. The zero-order valence-corrected chi connectivity index (χ0v) is 11.1. The van der Waals surface area contributed by atoms with E-state index in [0.29, 0.717) is 0 Å². The zero-order valence-electron chi connectivity index (χ0n) is 11.1. The van der Waals surface area contributed by atoms with Crippen molar-refractivity contribution in [2.45, 2.75) is 31.7 Å². The van der Waals surface area contributed by atoms with Gasteiger partial charge in [0, 0.05) is 25.8 Å². The van der Waals surface area contributed by atoms with Crippen molar-refractivity contribution in [3.8, 4) is 0 Å². The molecule has 1 aromatic rings. The molecule has 0 saturated carbocycles. The van der Waals surface area contributed by atoms with Gasteiger partial charge in [-0.1, -0.05) is 30.3 Å². The Kier molecular flexibility index (Phi) is 3.96. The van der Waals surface area contributed by atoms with Gasteiger partial charge in [0.05, 0.1) is 0 Å². The van der Waals surface area contributed by atoms with Gasteiger partial charge in [0.25, 0.3) is 0 Å². The van der Waals surface area contributed by atoms with Crippen LogP contribution in [0.1, 0.15) is 24.8 Å². The molecule has 1 aromatic carbocycles. The molecule has 2 aliphatic heterocycles. The molecule has 3 rings (SSSR count). The number of hydrogen-bond donors (Lipinski definition) is 0. The second-order valence-corrected chi connectivity index (χ2v) is 5.68. The van der Waals surface area contributed by atoms with Crippen LogP contribution in [0.4, 0.5) is 0 Å². The zero-order chi connectivity index (χ0) is 12.2. The summed E-state index contributed by atoms with van der Waals surface area (Å²) < 4.78 is 5.46. The molecule has 0 bridgehead atoms. The molecule has 2 nitrogen and oxygen atoms in total. The smallest absolute Gasteiger partial charge is 0.0480 e. The fourth-order valence-corrected chi connectivity index (χ4v) is 3.36. The van der Waals surface area contributed by atoms with Crippen LogP contribution in [0, 0.1) is 5.92 Å². The topological polar surface area (TPSA) is 12.5 Å². The molecule has 1 unspecified atom stereocenters. The molecule has 2 heterocycles. The molecule has 98 valence electrons. The van der Waals surface area contributed by atoms with Crippen molar-refractivity contribution in [2.24, 2.45) is 5.92 Å². The molecule has 18 heavy (non-hydrogen) atoms. The van der Waals surface area contributed by atoms with Crippen LogP contribution in [-0.2, 0) is 11.2 Å². The molecule has 1 atom stereocenters. The highest BCUT2D eigenvalue weighted by Crippen LogP contribution is 2.25. The summed E-state index contributed by atoms with van der Waals surface area (Å²) in [6, 6.07) is 11.7. The van der Waals surface area contributed by atoms with Gasteiger partial charge in [-0.3, -0.25) is 4.90 Å². The van der Waals surface area contributed by atoms with Gasteiger partial charge in [0.1, 0.15) is 0 Å². The molecule has 0 spiro atoms. The number of rotatable bonds is 3. The average molecular weight is 245 g/mol.